The van der Waals surface area contributed by atoms with Gasteiger partial charge >= 0.3 is 0 Å². The number of aryl methyl sites for hydroxylation is 3. The lowest BCUT2D eigenvalue weighted by atomic mass is 10.00. The van der Waals surface area contributed by atoms with Crippen molar-refractivity contribution in [3.8, 4) is 0 Å². The Morgan fingerprint density at radius 3 is 2.14 bits per heavy atom. The monoisotopic (exact) mass is 208 g/mol. The molecule has 0 unspecified atom stereocenters. The van der Waals surface area contributed by atoms with Crippen molar-refractivity contribution in [2.24, 2.45) is 0 Å². The third-order valence-corrected chi connectivity index (χ3v) is 2.25. The van der Waals surface area contributed by atoms with E-state index in [-0.39, 0.29) is 0 Å². The van der Waals surface area contributed by atoms with Crippen molar-refractivity contribution in [1.29, 1.82) is 0 Å². The summed E-state index contributed by atoms with van der Waals surface area (Å²) in [5.74, 6) is 0. The third kappa shape index (κ3) is 2.71. The van der Waals surface area contributed by atoms with Crippen LogP contribution in [0.2, 0.25) is 0 Å². The first-order valence-electron chi connectivity index (χ1n) is 4.46. The number of carbonyl (C=O) groups excluding carboxylic acids is 1. The molecule has 14 heavy (non-hydrogen) atoms. The quantitative estimate of drug-likeness (QED) is 0.538. The Bertz CT molecular complexity index is 368. The van der Waals surface area contributed by atoms with Crippen LogP contribution < -0.4 is 0 Å². The summed E-state index contributed by atoms with van der Waals surface area (Å²) >= 11 is 5.24. The summed E-state index contributed by atoms with van der Waals surface area (Å²) in [7, 11) is 0. The molecule has 1 aromatic carbocycles. The first-order chi connectivity index (χ1) is 6.50. The molecular formula is C12H13ClO. The molecule has 0 aromatic heterocycles. The normalized spacial score (nSPS) is 10.9. The van der Waals surface area contributed by atoms with Gasteiger partial charge in [0, 0.05) is 0 Å². The van der Waals surface area contributed by atoms with Crippen LogP contribution in [0.25, 0.3) is 6.08 Å². The molecule has 1 nitrogen and oxygen atoms in total. The summed E-state index contributed by atoms with van der Waals surface area (Å²) in [5.41, 5.74) is 4.63. The fourth-order valence-electron chi connectivity index (χ4n) is 1.60. The van der Waals surface area contributed by atoms with Crippen LogP contribution in [0, 0.1) is 20.8 Å². The van der Waals surface area contributed by atoms with E-state index >= 15 is 0 Å². The molecule has 0 aliphatic heterocycles. The molecule has 0 saturated heterocycles. The van der Waals surface area contributed by atoms with Gasteiger partial charge in [-0.2, -0.15) is 0 Å². The second-order valence-electron chi connectivity index (χ2n) is 3.45. The highest BCUT2D eigenvalue weighted by atomic mass is 35.5. The second-order valence-corrected chi connectivity index (χ2v) is 3.82. The number of rotatable bonds is 2. The second kappa shape index (κ2) is 4.43. The molecule has 1 rings (SSSR count). The van der Waals surface area contributed by atoms with Gasteiger partial charge in [-0.25, -0.2) is 0 Å². The molecule has 0 amide bonds. The Labute approximate surface area is 89.4 Å². The maximum absolute atomic E-state index is 10.6. The zero-order chi connectivity index (χ0) is 10.7. The van der Waals surface area contributed by atoms with E-state index in [2.05, 4.69) is 19.1 Å². The predicted molar refractivity (Wildman–Crippen MR) is 60.5 cm³/mol. The highest BCUT2D eigenvalue weighted by molar-refractivity contribution is 6.66. The van der Waals surface area contributed by atoms with E-state index in [4.69, 9.17) is 11.6 Å². The molecule has 0 heterocycles. The standard InChI is InChI=1S/C12H13ClO/c1-8-6-9(2)11(10(3)7-8)4-5-12(13)14/h4-7H,1-3H3. The molecule has 0 saturated carbocycles. The van der Waals surface area contributed by atoms with Crippen molar-refractivity contribution >= 4 is 22.9 Å². The maximum Gasteiger partial charge on any atom is 0.245 e. The number of halogens is 1. The third-order valence-electron chi connectivity index (χ3n) is 2.12. The van der Waals surface area contributed by atoms with Gasteiger partial charge < -0.3 is 0 Å². The van der Waals surface area contributed by atoms with Crippen LogP contribution in [-0.4, -0.2) is 5.24 Å². The van der Waals surface area contributed by atoms with Gasteiger partial charge in [0.2, 0.25) is 5.24 Å². The van der Waals surface area contributed by atoms with E-state index in [1.165, 1.54) is 11.6 Å². The van der Waals surface area contributed by atoms with E-state index in [0.29, 0.717) is 0 Å². The molecule has 0 aliphatic rings. The summed E-state index contributed by atoms with van der Waals surface area (Å²) in [4.78, 5) is 10.6. The van der Waals surface area contributed by atoms with Gasteiger partial charge in [-0.05, 0) is 61.2 Å². The van der Waals surface area contributed by atoms with Gasteiger partial charge in [-0.3, -0.25) is 4.79 Å². The topological polar surface area (TPSA) is 17.1 Å². The van der Waals surface area contributed by atoms with Crippen molar-refractivity contribution in [1.82, 2.24) is 0 Å². The first kappa shape index (κ1) is 11.0. The molecule has 0 spiro atoms. The number of hydrogen-bond donors (Lipinski definition) is 0. The van der Waals surface area contributed by atoms with E-state index in [1.807, 2.05) is 13.8 Å². The molecular weight excluding hydrogens is 196 g/mol. The van der Waals surface area contributed by atoms with Crippen LogP contribution in [0.4, 0.5) is 0 Å². The molecule has 0 aliphatic carbocycles. The molecule has 0 radical (unpaired) electrons. The molecule has 0 bridgehead atoms. The van der Waals surface area contributed by atoms with Crippen molar-refractivity contribution in [3.63, 3.8) is 0 Å². The van der Waals surface area contributed by atoms with E-state index < -0.39 is 5.24 Å². The highest BCUT2D eigenvalue weighted by Gasteiger charge is 2.00. The van der Waals surface area contributed by atoms with E-state index in [1.54, 1.807) is 6.08 Å². The lowest BCUT2D eigenvalue weighted by Gasteiger charge is -2.06. The van der Waals surface area contributed by atoms with Crippen molar-refractivity contribution in [2.75, 3.05) is 0 Å². The van der Waals surface area contributed by atoms with Crippen LogP contribution in [0.1, 0.15) is 22.3 Å². The van der Waals surface area contributed by atoms with Crippen LogP contribution >= 0.6 is 11.6 Å². The Morgan fingerprint density at radius 1 is 1.21 bits per heavy atom. The van der Waals surface area contributed by atoms with Gasteiger partial charge in [-0.15, -0.1) is 0 Å². The van der Waals surface area contributed by atoms with Crippen LogP contribution in [-0.2, 0) is 4.79 Å². The largest absolute Gasteiger partial charge is 0.276 e. The van der Waals surface area contributed by atoms with Gasteiger partial charge in [-0.1, -0.05) is 17.7 Å². The fourth-order valence-corrected chi connectivity index (χ4v) is 1.67. The van der Waals surface area contributed by atoms with Gasteiger partial charge in [0.25, 0.3) is 0 Å². The smallest absolute Gasteiger partial charge is 0.245 e. The van der Waals surface area contributed by atoms with Crippen molar-refractivity contribution < 1.29 is 4.79 Å². The van der Waals surface area contributed by atoms with Crippen LogP contribution in [0.5, 0.6) is 0 Å². The summed E-state index contributed by atoms with van der Waals surface area (Å²) < 4.78 is 0. The molecule has 1 aromatic rings. The van der Waals surface area contributed by atoms with Gasteiger partial charge in [0.05, 0.1) is 0 Å². The molecule has 0 fully saturated rings. The molecule has 74 valence electrons. The zero-order valence-corrected chi connectivity index (χ0v) is 9.35. The van der Waals surface area contributed by atoms with Crippen molar-refractivity contribution in [3.05, 3.63) is 40.5 Å². The first-order valence-corrected chi connectivity index (χ1v) is 4.84. The number of carbonyl (C=O) groups is 1. The van der Waals surface area contributed by atoms with Gasteiger partial charge in [0.1, 0.15) is 0 Å². The van der Waals surface area contributed by atoms with Gasteiger partial charge in [0.15, 0.2) is 0 Å². The predicted octanol–water partition coefficient (Wildman–Crippen LogP) is 3.39. The summed E-state index contributed by atoms with van der Waals surface area (Å²) in [6.07, 6.45) is 3.14. The maximum atomic E-state index is 10.6. The van der Waals surface area contributed by atoms with E-state index in [9.17, 15) is 4.79 Å². The molecule has 2 heteroatoms. The summed E-state index contributed by atoms with van der Waals surface area (Å²) in [5, 5.41) is -0.440. The Hall–Kier alpha value is -1.08. The molecule has 0 N–H and O–H groups in total. The summed E-state index contributed by atoms with van der Waals surface area (Å²) in [6, 6.07) is 4.18. The number of benzene rings is 1. The average molecular weight is 209 g/mol. The molecule has 0 atom stereocenters. The summed E-state index contributed by atoms with van der Waals surface area (Å²) in [6.45, 7) is 6.11. The lowest BCUT2D eigenvalue weighted by molar-refractivity contribution is -0.107. The zero-order valence-electron chi connectivity index (χ0n) is 8.60. The Balaban J connectivity index is 3.15. The Kier molecular flexibility index (Phi) is 3.48. The van der Waals surface area contributed by atoms with Crippen LogP contribution in [0.3, 0.4) is 0 Å². The lowest BCUT2D eigenvalue weighted by Crippen LogP contribution is -1.89. The van der Waals surface area contributed by atoms with Crippen LogP contribution in [0.15, 0.2) is 18.2 Å². The average Bonchev–Trinajstić information content (AvgIpc) is 2.01. The highest BCUT2D eigenvalue weighted by Crippen LogP contribution is 2.17. The minimum Gasteiger partial charge on any atom is -0.276 e. The SMILES string of the molecule is Cc1cc(C)c(C=CC(=O)Cl)c(C)c1. The fraction of sp³-hybridized carbons (Fsp3) is 0.250. The Morgan fingerprint density at radius 2 is 1.71 bits per heavy atom. The number of hydrogen-bond acceptors (Lipinski definition) is 1. The minimum atomic E-state index is -0.440. The van der Waals surface area contributed by atoms with E-state index in [0.717, 1.165) is 16.7 Å². The van der Waals surface area contributed by atoms with Crippen molar-refractivity contribution in [2.45, 2.75) is 20.8 Å². The number of allylic oxidation sites excluding steroid dienone is 1. The minimum absolute atomic E-state index is 0.440.